The highest BCUT2D eigenvalue weighted by molar-refractivity contribution is 5.81. The first-order valence-corrected chi connectivity index (χ1v) is 13.4. The van der Waals surface area contributed by atoms with Gasteiger partial charge in [-0.25, -0.2) is 0 Å². The predicted octanol–water partition coefficient (Wildman–Crippen LogP) is 8.63. The van der Waals surface area contributed by atoms with Gasteiger partial charge >= 0.3 is 5.97 Å². The Bertz CT molecular complexity index is 646. The van der Waals surface area contributed by atoms with Crippen molar-refractivity contribution in [2.24, 2.45) is 11.8 Å². The topological polar surface area (TPSA) is 37.3 Å². The molecular weight excluding hydrogens is 380 g/mol. The van der Waals surface area contributed by atoms with Gasteiger partial charge in [0.15, 0.2) is 0 Å². The molecule has 0 aromatic heterocycles. The number of unbranched alkanes of at least 4 members (excludes halogenated alkanes) is 4. The lowest BCUT2D eigenvalue weighted by molar-refractivity contribution is -0.145. The van der Waals surface area contributed by atoms with Gasteiger partial charge < -0.3 is 5.11 Å². The Kier molecular flexibility index (Phi) is 9.48. The quantitative estimate of drug-likeness (QED) is 0.359. The molecule has 2 heteroatoms. The van der Waals surface area contributed by atoms with E-state index in [1.54, 1.807) is 0 Å². The van der Waals surface area contributed by atoms with Gasteiger partial charge in [-0.1, -0.05) is 89.5 Å². The van der Waals surface area contributed by atoms with E-state index in [0.717, 1.165) is 43.1 Å². The van der Waals surface area contributed by atoms with Crippen LogP contribution < -0.4 is 0 Å². The molecule has 2 nitrogen and oxygen atoms in total. The van der Waals surface area contributed by atoms with Gasteiger partial charge in [0.05, 0.1) is 5.41 Å². The molecule has 0 unspecified atom stereocenters. The Balaban J connectivity index is 1.56. The summed E-state index contributed by atoms with van der Waals surface area (Å²) in [4.78, 5) is 12.4. The van der Waals surface area contributed by atoms with Crippen LogP contribution in [0.4, 0.5) is 0 Å². The summed E-state index contributed by atoms with van der Waals surface area (Å²) in [5.41, 5.74) is 1.82. The highest BCUT2D eigenvalue weighted by Gasteiger charge is 2.43. The minimum absolute atomic E-state index is 0.610. The number of carbonyl (C=O) groups is 1. The molecule has 2 saturated carbocycles. The average Bonchev–Trinajstić information content (AvgIpc) is 2.81. The third-order valence-corrected chi connectivity index (χ3v) is 8.58. The molecule has 1 N–H and O–H groups in total. The number of carboxylic acids is 1. The molecular formula is C29H46O2. The number of hydrogen-bond acceptors (Lipinski definition) is 1. The van der Waals surface area contributed by atoms with Crippen LogP contribution in [0.1, 0.15) is 134 Å². The van der Waals surface area contributed by atoms with Crippen molar-refractivity contribution in [2.75, 3.05) is 0 Å². The fourth-order valence-corrected chi connectivity index (χ4v) is 6.30. The first-order chi connectivity index (χ1) is 15.1. The van der Waals surface area contributed by atoms with E-state index in [9.17, 15) is 9.90 Å². The monoisotopic (exact) mass is 426 g/mol. The van der Waals surface area contributed by atoms with Crippen molar-refractivity contribution < 1.29 is 9.90 Å². The molecule has 2 aliphatic carbocycles. The highest BCUT2D eigenvalue weighted by Crippen LogP contribution is 2.44. The van der Waals surface area contributed by atoms with Crippen molar-refractivity contribution in [3.63, 3.8) is 0 Å². The molecule has 31 heavy (non-hydrogen) atoms. The summed E-state index contributed by atoms with van der Waals surface area (Å²) < 4.78 is 0. The smallest absolute Gasteiger partial charge is 0.314 e. The van der Waals surface area contributed by atoms with Crippen LogP contribution >= 0.6 is 0 Å². The minimum Gasteiger partial charge on any atom is -0.481 e. The minimum atomic E-state index is -0.656. The third kappa shape index (κ3) is 6.36. The Morgan fingerprint density at radius 2 is 1.39 bits per heavy atom. The molecule has 1 aromatic carbocycles. The van der Waals surface area contributed by atoms with Gasteiger partial charge in [0.1, 0.15) is 0 Å². The first kappa shape index (κ1) is 24.3. The summed E-state index contributed by atoms with van der Waals surface area (Å²) in [7, 11) is 0. The second-order valence-corrected chi connectivity index (χ2v) is 10.7. The number of rotatable bonds is 11. The van der Waals surface area contributed by atoms with Crippen LogP contribution in [-0.4, -0.2) is 11.1 Å². The van der Waals surface area contributed by atoms with E-state index in [2.05, 4.69) is 38.1 Å². The van der Waals surface area contributed by atoms with Crippen LogP contribution in [0.3, 0.4) is 0 Å². The van der Waals surface area contributed by atoms with Crippen molar-refractivity contribution in [2.45, 2.75) is 128 Å². The molecule has 0 bridgehead atoms. The van der Waals surface area contributed by atoms with Gasteiger partial charge in [0.25, 0.3) is 0 Å². The second-order valence-electron chi connectivity index (χ2n) is 10.7. The maximum Gasteiger partial charge on any atom is 0.314 e. The van der Waals surface area contributed by atoms with E-state index in [4.69, 9.17) is 0 Å². The molecule has 0 atom stereocenters. The SMILES string of the molecule is CCCCCCC1CCC(C(=O)O)(c2ccc(C3CCC(CCCC)CC3)cc2)CC1. The number of benzene rings is 1. The van der Waals surface area contributed by atoms with Crippen molar-refractivity contribution in [3.8, 4) is 0 Å². The molecule has 2 aliphatic rings. The van der Waals surface area contributed by atoms with Crippen LogP contribution in [-0.2, 0) is 10.2 Å². The van der Waals surface area contributed by atoms with Crippen molar-refractivity contribution in [1.82, 2.24) is 0 Å². The summed E-state index contributed by atoms with van der Waals surface area (Å²) in [6.07, 6.45) is 19.7. The number of aliphatic carboxylic acids is 1. The van der Waals surface area contributed by atoms with E-state index >= 15 is 0 Å². The molecule has 0 heterocycles. The maximum atomic E-state index is 12.4. The molecule has 174 valence electrons. The van der Waals surface area contributed by atoms with E-state index in [1.807, 2.05) is 0 Å². The summed E-state index contributed by atoms with van der Waals surface area (Å²) in [5, 5.41) is 10.2. The Labute approximate surface area is 191 Å². The number of hydrogen-bond donors (Lipinski definition) is 1. The fourth-order valence-electron chi connectivity index (χ4n) is 6.30. The van der Waals surface area contributed by atoms with Gasteiger partial charge in [-0.3, -0.25) is 4.79 Å². The van der Waals surface area contributed by atoms with Crippen molar-refractivity contribution in [3.05, 3.63) is 35.4 Å². The zero-order chi connectivity index (χ0) is 22.1. The van der Waals surface area contributed by atoms with E-state index < -0.39 is 11.4 Å². The van der Waals surface area contributed by atoms with Crippen LogP contribution in [0.5, 0.6) is 0 Å². The van der Waals surface area contributed by atoms with Crippen LogP contribution in [0.2, 0.25) is 0 Å². The fraction of sp³-hybridized carbons (Fsp3) is 0.759. The standard InChI is InChI=1S/C29H46O2/c1-3-5-7-8-10-24-19-21-29(22-20-24,28(30)31)27-17-15-26(16-18-27)25-13-11-23(12-14-25)9-6-4-2/h15-18,23-25H,3-14,19-22H2,1-2H3,(H,30,31). The van der Waals surface area contributed by atoms with Crippen LogP contribution in [0.15, 0.2) is 24.3 Å². The largest absolute Gasteiger partial charge is 0.481 e. The summed E-state index contributed by atoms with van der Waals surface area (Å²) >= 11 is 0. The lowest BCUT2D eigenvalue weighted by atomic mass is 9.65. The molecule has 1 aromatic rings. The molecule has 0 saturated heterocycles. The molecule has 0 spiro atoms. The zero-order valence-electron chi connectivity index (χ0n) is 20.2. The Morgan fingerprint density at radius 1 is 0.806 bits per heavy atom. The summed E-state index contributed by atoms with van der Waals surface area (Å²) in [6, 6.07) is 8.84. The van der Waals surface area contributed by atoms with Gasteiger partial charge in [-0.2, -0.15) is 0 Å². The van der Waals surface area contributed by atoms with Gasteiger partial charge in [-0.15, -0.1) is 0 Å². The molecule has 3 rings (SSSR count). The predicted molar refractivity (Wildman–Crippen MR) is 131 cm³/mol. The normalized spacial score (nSPS) is 29.0. The van der Waals surface area contributed by atoms with Gasteiger partial charge in [0, 0.05) is 0 Å². The highest BCUT2D eigenvalue weighted by atomic mass is 16.4. The Morgan fingerprint density at radius 3 is 1.97 bits per heavy atom. The van der Waals surface area contributed by atoms with Crippen molar-refractivity contribution in [1.29, 1.82) is 0 Å². The van der Waals surface area contributed by atoms with E-state index in [0.29, 0.717) is 5.92 Å². The first-order valence-electron chi connectivity index (χ1n) is 13.4. The maximum absolute atomic E-state index is 12.4. The van der Waals surface area contributed by atoms with Crippen molar-refractivity contribution >= 4 is 5.97 Å². The molecule has 0 radical (unpaired) electrons. The lowest BCUT2D eigenvalue weighted by Gasteiger charge is -2.37. The van der Waals surface area contributed by atoms with Crippen LogP contribution in [0, 0.1) is 11.8 Å². The molecule has 2 fully saturated rings. The van der Waals surface area contributed by atoms with Gasteiger partial charge in [0.2, 0.25) is 0 Å². The summed E-state index contributed by atoms with van der Waals surface area (Å²) in [6.45, 7) is 4.54. The summed E-state index contributed by atoms with van der Waals surface area (Å²) in [5.74, 6) is 1.72. The van der Waals surface area contributed by atoms with E-state index in [-0.39, 0.29) is 0 Å². The van der Waals surface area contributed by atoms with Gasteiger partial charge in [-0.05, 0) is 80.2 Å². The van der Waals surface area contributed by atoms with E-state index in [1.165, 1.54) is 82.6 Å². The average molecular weight is 427 g/mol. The Hall–Kier alpha value is -1.31. The van der Waals surface area contributed by atoms with Crippen LogP contribution in [0.25, 0.3) is 0 Å². The number of carboxylic acid groups (broad SMARTS) is 1. The molecule has 0 aliphatic heterocycles. The lowest BCUT2D eigenvalue weighted by Crippen LogP contribution is -2.39. The molecule has 0 amide bonds. The third-order valence-electron chi connectivity index (χ3n) is 8.58. The zero-order valence-corrected chi connectivity index (χ0v) is 20.2. The second kappa shape index (κ2) is 12.1.